The Morgan fingerprint density at radius 1 is 0.491 bits per heavy atom. The van der Waals surface area contributed by atoms with Gasteiger partial charge in [0.15, 0.2) is 0 Å². The van der Waals surface area contributed by atoms with E-state index < -0.39 is 0 Å². The Labute approximate surface area is 330 Å². The number of fused-ring (bicyclic) bond motifs is 10. The van der Waals surface area contributed by atoms with Crippen molar-refractivity contribution in [1.29, 1.82) is 0 Å². The van der Waals surface area contributed by atoms with Gasteiger partial charge in [-0.15, -0.1) is 0 Å². The van der Waals surface area contributed by atoms with E-state index in [1.54, 1.807) is 0 Å². The van der Waals surface area contributed by atoms with Crippen molar-refractivity contribution in [3.63, 3.8) is 0 Å². The fourth-order valence-electron chi connectivity index (χ4n) is 9.36. The average Bonchev–Trinajstić information content (AvgIpc) is 3.85. The number of furan rings is 1. The Kier molecular flexibility index (Phi) is 7.05. The van der Waals surface area contributed by atoms with Crippen molar-refractivity contribution < 1.29 is 9.15 Å². The minimum Gasteiger partial charge on any atom is -0.484 e. The number of para-hydroxylation sites is 1. The molecule has 0 saturated heterocycles. The molecule has 2 aliphatic rings. The SMILES string of the molecule is C1=CC2c3cc4ccccc4cc3OC2C(c2ccccc2N(c2ccc(-c3cccc4ccccc34)cc2)c2cccc3oc4c5ccccc5ccc4c23)=C1. The fraction of sp³-hybridized carbons (Fsp3) is 0.0370. The summed E-state index contributed by atoms with van der Waals surface area (Å²) in [6.07, 6.45) is 6.59. The molecule has 1 aliphatic carbocycles. The third-order valence-electron chi connectivity index (χ3n) is 12.0. The summed E-state index contributed by atoms with van der Waals surface area (Å²) in [6, 6.07) is 65.4. The maximum atomic E-state index is 6.94. The number of nitrogens with zero attached hydrogens (tertiary/aromatic N) is 1. The maximum Gasteiger partial charge on any atom is 0.143 e. The first-order valence-corrected chi connectivity index (χ1v) is 19.7. The van der Waals surface area contributed by atoms with E-state index >= 15 is 0 Å². The number of anilines is 3. The van der Waals surface area contributed by atoms with E-state index in [9.17, 15) is 0 Å². The first kappa shape index (κ1) is 31.9. The second-order valence-electron chi connectivity index (χ2n) is 15.2. The van der Waals surface area contributed by atoms with Crippen LogP contribution in [0.1, 0.15) is 17.0 Å². The molecular weight excluding hydrogens is 695 g/mol. The highest BCUT2D eigenvalue weighted by Gasteiger charge is 2.38. The van der Waals surface area contributed by atoms with Crippen LogP contribution in [0, 0.1) is 0 Å². The van der Waals surface area contributed by atoms with E-state index in [-0.39, 0.29) is 12.0 Å². The zero-order valence-corrected chi connectivity index (χ0v) is 31.0. The molecule has 0 fully saturated rings. The number of rotatable bonds is 5. The minimum absolute atomic E-state index is 0.112. The lowest BCUT2D eigenvalue weighted by Crippen LogP contribution is -2.23. The van der Waals surface area contributed by atoms with E-state index in [0.29, 0.717) is 0 Å². The molecule has 10 aromatic rings. The Hall–Kier alpha value is -7.36. The summed E-state index contributed by atoms with van der Waals surface area (Å²) in [5, 5.41) is 9.35. The number of benzene rings is 9. The summed E-state index contributed by atoms with van der Waals surface area (Å²) in [5.74, 6) is 1.07. The summed E-state index contributed by atoms with van der Waals surface area (Å²) in [4.78, 5) is 2.42. The minimum atomic E-state index is -0.157. The third-order valence-corrected chi connectivity index (χ3v) is 12.0. The van der Waals surface area contributed by atoms with Crippen LogP contribution < -0.4 is 9.64 Å². The molecule has 0 amide bonds. The third kappa shape index (κ3) is 4.99. The van der Waals surface area contributed by atoms with Crippen molar-refractivity contribution in [1.82, 2.24) is 0 Å². The number of hydrogen-bond donors (Lipinski definition) is 0. The van der Waals surface area contributed by atoms with Crippen molar-refractivity contribution in [3.8, 4) is 16.9 Å². The highest BCUT2D eigenvalue weighted by Crippen LogP contribution is 2.51. The van der Waals surface area contributed by atoms with Crippen LogP contribution in [-0.4, -0.2) is 6.10 Å². The van der Waals surface area contributed by atoms with Crippen LogP contribution in [0.15, 0.2) is 205 Å². The molecule has 57 heavy (non-hydrogen) atoms. The topological polar surface area (TPSA) is 25.6 Å². The summed E-state index contributed by atoms with van der Waals surface area (Å²) < 4.78 is 13.7. The molecule has 0 saturated carbocycles. The summed E-state index contributed by atoms with van der Waals surface area (Å²) in [6.45, 7) is 0. The Balaban J connectivity index is 1.05. The fourth-order valence-corrected chi connectivity index (χ4v) is 9.36. The highest BCUT2D eigenvalue weighted by molar-refractivity contribution is 6.19. The molecule has 0 bridgehead atoms. The Morgan fingerprint density at radius 2 is 1.16 bits per heavy atom. The van der Waals surface area contributed by atoms with Crippen molar-refractivity contribution in [2.24, 2.45) is 0 Å². The molecule has 0 radical (unpaired) electrons. The van der Waals surface area contributed by atoms with Crippen LogP contribution >= 0.6 is 0 Å². The van der Waals surface area contributed by atoms with Gasteiger partial charge in [-0.05, 0) is 86.6 Å². The summed E-state index contributed by atoms with van der Waals surface area (Å²) >= 11 is 0. The zero-order chi connectivity index (χ0) is 37.5. The van der Waals surface area contributed by atoms with Gasteiger partial charge in [0, 0.05) is 39.1 Å². The number of hydrogen-bond acceptors (Lipinski definition) is 3. The standard InChI is InChI=1S/C54H35NO2/c1-2-15-38-33-51-47(32-37(38)14-1)45-22-10-21-44(54(45)57-51)43-19-7-8-23-48(43)55(39-29-26-36(27-30-39)41-20-9-16-34-12-3-5-17-40(34)41)49-24-11-25-50-52(49)46-31-28-35-13-4-6-18-42(35)53(46)56-50/h1-33,45,54H. The second kappa shape index (κ2) is 12.6. The highest BCUT2D eigenvalue weighted by atomic mass is 16.5. The molecule has 268 valence electrons. The van der Waals surface area contributed by atoms with Gasteiger partial charge < -0.3 is 14.1 Å². The predicted octanol–water partition coefficient (Wildman–Crippen LogP) is 14.7. The molecule has 3 nitrogen and oxygen atoms in total. The number of ether oxygens (including phenoxy) is 1. The van der Waals surface area contributed by atoms with Crippen molar-refractivity contribution in [2.45, 2.75) is 12.0 Å². The molecule has 2 atom stereocenters. The van der Waals surface area contributed by atoms with Gasteiger partial charge in [0.05, 0.1) is 16.8 Å². The van der Waals surface area contributed by atoms with E-state index in [1.165, 1.54) is 38.2 Å². The van der Waals surface area contributed by atoms with Gasteiger partial charge >= 0.3 is 0 Å². The molecule has 2 heterocycles. The van der Waals surface area contributed by atoms with E-state index in [1.807, 2.05) is 0 Å². The Bertz CT molecular complexity index is 3290. The lowest BCUT2D eigenvalue weighted by Gasteiger charge is -2.31. The van der Waals surface area contributed by atoms with E-state index in [2.05, 4.69) is 205 Å². The summed E-state index contributed by atoms with van der Waals surface area (Å²) in [7, 11) is 0. The second-order valence-corrected chi connectivity index (χ2v) is 15.2. The number of allylic oxidation sites excluding steroid dienone is 2. The van der Waals surface area contributed by atoms with E-state index in [4.69, 9.17) is 9.15 Å². The quantitative estimate of drug-likeness (QED) is 0.176. The molecule has 0 N–H and O–H groups in total. The first-order valence-electron chi connectivity index (χ1n) is 19.7. The zero-order valence-electron chi connectivity index (χ0n) is 31.0. The molecule has 0 spiro atoms. The van der Waals surface area contributed by atoms with E-state index in [0.717, 1.165) is 66.7 Å². The van der Waals surface area contributed by atoms with Crippen LogP contribution in [-0.2, 0) is 0 Å². The Morgan fingerprint density at radius 3 is 2.02 bits per heavy atom. The van der Waals surface area contributed by atoms with Crippen LogP contribution in [0.5, 0.6) is 5.75 Å². The molecule has 1 aliphatic heterocycles. The smallest absolute Gasteiger partial charge is 0.143 e. The molecular formula is C54H35NO2. The van der Waals surface area contributed by atoms with Gasteiger partial charge in [0.2, 0.25) is 0 Å². The lowest BCUT2D eigenvalue weighted by atomic mass is 9.83. The molecule has 3 heteroatoms. The first-order chi connectivity index (χ1) is 28.3. The largest absolute Gasteiger partial charge is 0.484 e. The summed E-state index contributed by atoms with van der Waals surface area (Å²) in [5.41, 5.74) is 10.9. The molecule has 1 aromatic heterocycles. The molecule has 12 rings (SSSR count). The van der Waals surface area contributed by atoms with Crippen molar-refractivity contribution in [3.05, 3.63) is 211 Å². The van der Waals surface area contributed by atoms with Gasteiger partial charge in [-0.25, -0.2) is 0 Å². The van der Waals surface area contributed by atoms with Crippen LogP contribution in [0.2, 0.25) is 0 Å². The van der Waals surface area contributed by atoms with Gasteiger partial charge in [0.25, 0.3) is 0 Å². The normalized spacial score (nSPS) is 15.9. The van der Waals surface area contributed by atoms with Gasteiger partial charge in [0.1, 0.15) is 23.0 Å². The molecule has 9 aromatic carbocycles. The van der Waals surface area contributed by atoms with Crippen molar-refractivity contribution >= 4 is 76.9 Å². The van der Waals surface area contributed by atoms with Crippen LogP contribution in [0.25, 0.3) is 71.0 Å². The van der Waals surface area contributed by atoms with Gasteiger partial charge in [-0.2, -0.15) is 0 Å². The van der Waals surface area contributed by atoms with Crippen LogP contribution in [0.4, 0.5) is 17.1 Å². The lowest BCUT2D eigenvalue weighted by molar-refractivity contribution is 0.278. The maximum absolute atomic E-state index is 6.94. The van der Waals surface area contributed by atoms with Gasteiger partial charge in [-0.1, -0.05) is 152 Å². The molecule has 2 unspecified atom stereocenters. The monoisotopic (exact) mass is 729 g/mol. The predicted molar refractivity (Wildman–Crippen MR) is 237 cm³/mol. The van der Waals surface area contributed by atoms with Crippen molar-refractivity contribution in [2.75, 3.05) is 4.90 Å². The van der Waals surface area contributed by atoms with Crippen LogP contribution in [0.3, 0.4) is 0 Å². The van der Waals surface area contributed by atoms with Gasteiger partial charge in [-0.3, -0.25) is 0 Å². The average molecular weight is 730 g/mol.